The number of rotatable bonds is 5. The lowest BCUT2D eigenvalue weighted by Crippen LogP contribution is -2.38. The number of amidine groups is 1. The molecule has 1 unspecified atom stereocenters. The highest BCUT2D eigenvalue weighted by Crippen LogP contribution is 2.42. The fraction of sp³-hybridized carbons (Fsp3) is 0.391. The van der Waals surface area contributed by atoms with Crippen molar-refractivity contribution in [3.05, 3.63) is 61.7 Å². The first-order chi connectivity index (χ1) is 16.3. The maximum Gasteiger partial charge on any atom is 0.338 e. The van der Waals surface area contributed by atoms with Crippen molar-refractivity contribution in [1.29, 1.82) is 0 Å². The fourth-order valence-corrected chi connectivity index (χ4v) is 5.56. The smallest absolute Gasteiger partial charge is 0.338 e. The van der Waals surface area contributed by atoms with Crippen LogP contribution in [-0.2, 0) is 19.1 Å². The molecule has 7 nitrogen and oxygen atoms in total. The second-order valence-corrected chi connectivity index (χ2v) is 9.69. The van der Waals surface area contributed by atoms with E-state index < -0.39 is 23.6 Å². The van der Waals surface area contributed by atoms with E-state index in [9.17, 15) is 18.4 Å². The van der Waals surface area contributed by atoms with Crippen molar-refractivity contribution in [2.45, 2.75) is 31.7 Å². The summed E-state index contributed by atoms with van der Waals surface area (Å²) in [4.78, 5) is 34.0. The molecule has 1 saturated carbocycles. The van der Waals surface area contributed by atoms with Gasteiger partial charge in [-0.2, -0.15) is 0 Å². The van der Waals surface area contributed by atoms with Crippen molar-refractivity contribution in [3.63, 3.8) is 0 Å². The van der Waals surface area contributed by atoms with Crippen LogP contribution in [0.4, 0.5) is 8.78 Å². The Bertz CT molecular complexity index is 1160. The maximum atomic E-state index is 14.5. The van der Waals surface area contributed by atoms with Crippen LogP contribution in [0.3, 0.4) is 0 Å². The molecule has 1 aliphatic carbocycles. The Balaban J connectivity index is 1.82. The van der Waals surface area contributed by atoms with Gasteiger partial charge in [-0.25, -0.2) is 18.6 Å². The molecule has 1 fully saturated rings. The molecule has 11 heteroatoms. The van der Waals surface area contributed by atoms with Gasteiger partial charge in [0, 0.05) is 17.3 Å². The molecule has 0 saturated heterocycles. The third-order valence-corrected chi connectivity index (χ3v) is 7.73. The van der Waals surface area contributed by atoms with Gasteiger partial charge in [-0.05, 0) is 59.2 Å². The first-order valence-corrected chi connectivity index (χ1v) is 12.3. The van der Waals surface area contributed by atoms with E-state index in [-0.39, 0.29) is 33.4 Å². The Hall–Kier alpha value is -2.66. The number of allylic oxidation sites excluding steroid dienone is 1. The Morgan fingerprint density at radius 2 is 1.88 bits per heavy atom. The number of hydrogen-bond acceptors (Lipinski definition) is 8. The molecule has 2 heterocycles. The second-order valence-electron chi connectivity index (χ2n) is 8.00. The number of nitrogens with one attached hydrogen (secondary N) is 1. The standard InChI is InChI=1S/C23H22BrF2N3O4S/c1-32-22(30)12-5-3-11(4-6-12)18-15(23(31)33-2)19(13-7-8-14(25)17(26)16(13)24)29-20(28-18)21-27-9-10-34-21/h7-12,19H,3-6H2,1-2H3,(H,28,29). The topological polar surface area (TPSA) is 89.9 Å². The van der Waals surface area contributed by atoms with Crippen LogP contribution in [0.5, 0.6) is 0 Å². The van der Waals surface area contributed by atoms with Crippen LogP contribution < -0.4 is 5.32 Å². The highest BCUT2D eigenvalue weighted by molar-refractivity contribution is 9.10. The van der Waals surface area contributed by atoms with Gasteiger partial charge >= 0.3 is 11.9 Å². The Labute approximate surface area is 207 Å². The molecule has 1 aromatic heterocycles. The van der Waals surface area contributed by atoms with Crippen LogP contribution in [0.15, 0.2) is 44.4 Å². The lowest BCUT2D eigenvalue weighted by Gasteiger charge is -2.34. The van der Waals surface area contributed by atoms with E-state index in [1.54, 1.807) is 11.6 Å². The Kier molecular flexibility index (Phi) is 7.42. The van der Waals surface area contributed by atoms with Crippen LogP contribution in [0.25, 0.3) is 0 Å². The number of aliphatic imine (C=N–C) groups is 1. The van der Waals surface area contributed by atoms with Gasteiger partial charge in [0.2, 0.25) is 0 Å². The molecular formula is C23H22BrF2N3O4S. The van der Waals surface area contributed by atoms with Gasteiger partial charge in [0.25, 0.3) is 0 Å². The number of carbonyl (C=O) groups excluding carboxylic acids is 2. The zero-order valence-corrected chi connectivity index (χ0v) is 20.8. The number of methoxy groups -OCH3 is 2. The quantitative estimate of drug-likeness (QED) is 0.427. The summed E-state index contributed by atoms with van der Waals surface area (Å²) in [7, 11) is 2.63. The van der Waals surface area contributed by atoms with Crippen LogP contribution in [0.1, 0.15) is 42.3 Å². The van der Waals surface area contributed by atoms with E-state index in [1.807, 2.05) is 0 Å². The molecule has 0 radical (unpaired) electrons. The lowest BCUT2D eigenvalue weighted by atomic mass is 9.78. The van der Waals surface area contributed by atoms with Crippen molar-refractivity contribution in [1.82, 2.24) is 10.3 Å². The highest BCUT2D eigenvalue weighted by Gasteiger charge is 2.39. The minimum atomic E-state index is -1.06. The van der Waals surface area contributed by atoms with E-state index in [0.29, 0.717) is 42.2 Å². The molecule has 0 bridgehead atoms. The second kappa shape index (κ2) is 10.3. The molecule has 4 rings (SSSR count). The number of aromatic nitrogens is 1. The third-order valence-electron chi connectivity index (χ3n) is 6.14. The largest absolute Gasteiger partial charge is 0.469 e. The van der Waals surface area contributed by atoms with Crippen LogP contribution in [0, 0.1) is 23.5 Å². The number of esters is 2. The van der Waals surface area contributed by atoms with Gasteiger partial charge in [-0.1, -0.05) is 6.07 Å². The number of nitrogens with zero attached hydrogens (tertiary/aromatic N) is 2. The summed E-state index contributed by atoms with van der Waals surface area (Å²) in [5.74, 6) is -2.83. The van der Waals surface area contributed by atoms with Gasteiger partial charge in [-0.15, -0.1) is 11.3 Å². The van der Waals surface area contributed by atoms with E-state index in [2.05, 4.69) is 31.2 Å². The van der Waals surface area contributed by atoms with Gasteiger partial charge in [0.1, 0.15) is 6.04 Å². The molecule has 1 aromatic carbocycles. The number of thiazole rings is 1. The van der Waals surface area contributed by atoms with Crippen molar-refractivity contribution >= 4 is 45.0 Å². The van der Waals surface area contributed by atoms with Crippen molar-refractivity contribution in [2.24, 2.45) is 16.8 Å². The molecule has 1 N–H and O–H groups in total. The third kappa shape index (κ3) is 4.63. The van der Waals surface area contributed by atoms with Crippen molar-refractivity contribution in [3.8, 4) is 0 Å². The molecule has 0 spiro atoms. The lowest BCUT2D eigenvalue weighted by molar-refractivity contribution is -0.146. The van der Waals surface area contributed by atoms with E-state index in [1.165, 1.54) is 31.6 Å². The summed E-state index contributed by atoms with van der Waals surface area (Å²) >= 11 is 4.50. The zero-order chi connectivity index (χ0) is 24.4. The van der Waals surface area contributed by atoms with Gasteiger partial charge < -0.3 is 14.8 Å². The number of hydrogen-bond donors (Lipinski definition) is 1. The normalized spacial score (nSPS) is 22.6. The predicted molar refractivity (Wildman–Crippen MR) is 125 cm³/mol. The zero-order valence-electron chi connectivity index (χ0n) is 18.4. The van der Waals surface area contributed by atoms with Crippen molar-refractivity contribution in [2.75, 3.05) is 14.2 Å². The summed E-state index contributed by atoms with van der Waals surface area (Å²) < 4.78 is 38.2. The van der Waals surface area contributed by atoms with Crippen LogP contribution in [-0.4, -0.2) is 37.0 Å². The summed E-state index contributed by atoms with van der Waals surface area (Å²) in [6, 6.07) is 1.45. The first-order valence-electron chi connectivity index (χ1n) is 10.6. The average molecular weight is 554 g/mol. The molecule has 2 aliphatic rings. The van der Waals surface area contributed by atoms with Crippen molar-refractivity contribution < 1.29 is 27.8 Å². The first kappa shape index (κ1) is 24.5. The van der Waals surface area contributed by atoms with E-state index >= 15 is 0 Å². The monoisotopic (exact) mass is 553 g/mol. The van der Waals surface area contributed by atoms with Gasteiger partial charge in [-0.3, -0.25) is 9.79 Å². The number of carbonyl (C=O) groups is 2. The number of ether oxygens (including phenoxy) is 2. The van der Waals surface area contributed by atoms with E-state index in [0.717, 1.165) is 6.07 Å². The average Bonchev–Trinajstić information content (AvgIpc) is 3.41. The molecular weight excluding hydrogens is 532 g/mol. The molecule has 1 aliphatic heterocycles. The fourth-order valence-electron chi connectivity index (χ4n) is 4.43. The summed E-state index contributed by atoms with van der Waals surface area (Å²) in [5.41, 5.74) is 1.10. The summed E-state index contributed by atoms with van der Waals surface area (Å²) in [5, 5.41) is 5.66. The summed E-state index contributed by atoms with van der Waals surface area (Å²) in [6.07, 6.45) is 4.08. The minimum Gasteiger partial charge on any atom is -0.469 e. The SMILES string of the molecule is COC(=O)C1=C(C2CCC(C(=O)OC)CC2)NC(c2nccs2)=NC1c1ccc(F)c(F)c1Br. The number of halogens is 3. The molecule has 34 heavy (non-hydrogen) atoms. The molecule has 1 atom stereocenters. The van der Waals surface area contributed by atoms with Gasteiger partial charge in [0.15, 0.2) is 22.5 Å². The predicted octanol–water partition coefficient (Wildman–Crippen LogP) is 4.68. The number of benzene rings is 1. The van der Waals surface area contributed by atoms with Crippen LogP contribution >= 0.6 is 27.3 Å². The van der Waals surface area contributed by atoms with Gasteiger partial charge in [0.05, 0.1) is 30.2 Å². The highest BCUT2D eigenvalue weighted by atomic mass is 79.9. The molecule has 0 amide bonds. The Morgan fingerprint density at radius 1 is 1.15 bits per heavy atom. The minimum absolute atomic E-state index is 0.105. The van der Waals surface area contributed by atoms with Crippen LogP contribution in [0.2, 0.25) is 0 Å². The molecule has 2 aromatic rings. The van der Waals surface area contributed by atoms with E-state index in [4.69, 9.17) is 9.47 Å². The maximum absolute atomic E-state index is 14.5. The molecule has 180 valence electrons. The Morgan fingerprint density at radius 3 is 2.50 bits per heavy atom. The summed E-state index contributed by atoms with van der Waals surface area (Å²) in [6.45, 7) is 0.